The van der Waals surface area contributed by atoms with E-state index < -0.39 is 22.0 Å². The Morgan fingerprint density at radius 2 is 1.77 bits per heavy atom. The Bertz CT molecular complexity index is 318. The van der Waals surface area contributed by atoms with Gasteiger partial charge in [-0.05, 0) is 12.8 Å². The SMILES string of the molecule is O=C(O)C1(N=S(=O)=O)CCCCC1. The van der Waals surface area contributed by atoms with Gasteiger partial charge in [-0.2, -0.15) is 12.8 Å². The van der Waals surface area contributed by atoms with Gasteiger partial charge in [0.2, 0.25) is 0 Å². The topological polar surface area (TPSA) is 83.8 Å². The summed E-state index contributed by atoms with van der Waals surface area (Å²) in [5.74, 6) is -1.13. The van der Waals surface area contributed by atoms with E-state index in [0.717, 1.165) is 19.3 Å². The summed E-state index contributed by atoms with van der Waals surface area (Å²) in [5.41, 5.74) is -1.37. The second-order valence-electron chi connectivity index (χ2n) is 3.21. The summed E-state index contributed by atoms with van der Waals surface area (Å²) in [5, 5.41) is 8.87. The molecule has 0 saturated heterocycles. The zero-order valence-corrected chi connectivity index (χ0v) is 7.88. The van der Waals surface area contributed by atoms with Gasteiger partial charge >= 0.3 is 16.5 Å². The molecule has 6 heteroatoms. The van der Waals surface area contributed by atoms with Crippen LogP contribution in [0.3, 0.4) is 0 Å². The molecular weight excluding hydrogens is 194 g/mol. The van der Waals surface area contributed by atoms with Crippen molar-refractivity contribution in [1.29, 1.82) is 0 Å². The van der Waals surface area contributed by atoms with Crippen LogP contribution in [0.5, 0.6) is 0 Å². The van der Waals surface area contributed by atoms with E-state index in [1.54, 1.807) is 0 Å². The van der Waals surface area contributed by atoms with Gasteiger partial charge in [-0.25, -0.2) is 4.79 Å². The highest BCUT2D eigenvalue weighted by atomic mass is 32.2. The summed E-state index contributed by atoms with van der Waals surface area (Å²) in [6.45, 7) is 0. The molecule has 0 aromatic carbocycles. The molecule has 0 unspecified atom stereocenters. The van der Waals surface area contributed by atoms with Crippen molar-refractivity contribution in [2.75, 3.05) is 0 Å². The summed E-state index contributed by atoms with van der Waals surface area (Å²) in [7, 11) is -2.63. The van der Waals surface area contributed by atoms with E-state index in [4.69, 9.17) is 5.11 Å². The van der Waals surface area contributed by atoms with Crippen molar-refractivity contribution in [3.63, 3.8) is 0 Å². The van der Waals surface area contributed by atoms with E-state index in [1.807, 2.05) is 0 Å². The fraction of sp³-hybridized carbons (Fsp3) is 0.857. The molecule has 0 amide bonds. The molecule has 1 fully saturated rings. The van der Waals surface area contributed by atoms with Crippen LogP contribution in [0.15, 0.2) is 4.36 Å². The van der Waals surface area contributed by atoms with Crippen LogP contribution in [0.25, 0.3) is 0 Å². The number of nitrogens with zero attached hydrogens (tertiary/aromatic N) is 1. The van der Waals surface area contributed by atoms with Crippen LogP contribution in [-0.2, 0) is 15.3 Å². The standard InChI is InChI=1S/C7H11NO4S/c9-6(10)7(8-13(11)12)4-2-1-3-5-7/h1-5H2,(H,9,10). The molecule has 74 valence electrons. The van der Waals surface area contributed by atoms with Crippen LogP contribution in [0.4, 0.5) is 0 Å². The zero-order valence-electron chi connectivity index (χ0n) is 7.06. The summed E-state index contributed by atoms with van der Waals surface area (Å²) < 4.78 is 24.0. The van der Waals surface area contributed by atoms with Crippen LogP contribution >= 0.6 is 0 Å². The Hall–Kier alpha value is -0.910. The maximum atomic E-state index is 10.8. The smallest absolute Gasteiger partial charge is 0.332 e. The van der Waals surface area contributed by atoms with Gasteiger partial charge in [0.05, 0.1) is 0 Å². The Kier molecular flexibility index (Phi) is 3.02. The van der Waals surface area contributed by atoms with Gasteiger partial charge in [-0.1, -0.05) is 19.3 Å². The van der Waals surface area contributed by atoms with Gasteiger partial charge in [0.15, 0.2) is 5.54 Å². The Morgan fingerprint density at radius 1 is 1.23 bits per heavy atom. The fourth-order valence-electron chi connectivity index (χ4n) is 1.62. The molecule has 13 heavy (non-hydrogen) atoms. The summed E-state index contributed by atoms with van der Waals surface area (Å²) in [6.07, 6.45) is 3.07. The normalized spacial score (nSPS) is 20.6. The highest BCUT2D eigenvalue weighted by molar-refractivity contribution is 7.61. The van der Waals surface area contributed by atoms with E-state index in [-0.39, 0.29) is 0 Å². The van der Waals surface area contributed by atoms with Crippen molar-refractivity contribution in [1.82, 2.24) is 0 Å². The first-order valence-electron chi connectivity index (χ1n) is 4.12. The highest BCUT2D eigenvalue weighted by Gasteiger charge is 2.40. The average molecular weight is 205 g/mol. The lowest BCUT2D eigenvalue weighted by Crippen LogP contribution is -2.38. The fourth-order valence-corrected chi connectivity index (χ4v) is 2.17. The molecule has 1 aliphatic carbocycles. The van der Waals surface area contributed by atoms with Gasteiger partial charge < -0.3 is 5.11 Å². The Labute approximate surface area is 77.5 Å². The lowest BCUT2D eigenvalue weighted by Gasteiger charge is -2.26. The second kappa shape index (κ2) is 3.87. The van der Waals surface area contributed by atoms with Gasteiger partial charge in [-0.3, -0.25) is 0 Å². The number of aliphatic carboxylic acids is 1. The predicted molar refractivity (Wildman–Crippen MR) is 44.8 cm³/mol. The summed E-state index contributed by atoms with van der Waals surface area (Å²) >= 11 is 0. The molecule has 1 N–H and O–H groups in total. The van der Waals surface area contributed by atoms with Crippen LogP contribution < -0.4 is 0 Å². The Morgan fingerprint density at radius 3 is 2.15 bits per heavy atom. The number of rotatable bonds is 2. The van der Waals surface area contributed by atoms with Crippen molar-refractivity contribution >= 4 is 16.5 Å². The molecule has 0 spiro atoms. The number of carboxylic acid groups (broad SMARTS) is 1. The number of hydrogen-bond acceptors (Lipinski definition) is 4. The molecule has 5 nitrogen and oxygen atoms in total. The average Bonchev–Trinajstić information content (AvgIpc) is 2.04. The third-order valence-electron chi connectivity index (χ3n) is 2.33. The minimum Gasteiger partial charge on any atom is -0.479 e. The first-order chi connectivity index (χ1) is 6.07. The van der Waals surface area contributed by atoms with Gasteiger partial charge in [0.25, 0.3) is 0 Å². The van der Waals surface area contributed by atoms with Crippen molar-refractivity contribution in [3.05, 3.63) is 0 Å². The van der Waals surface area contributed by atoms with E-state index in [1.165, 1.54) is 0 Å². The zero-order chi connectivity index (χ0) is 9.90. The molecule has 0 atom stereocenters. The minimum absolute atomic E-state index is 0.330. The van der Waals surface area contributed by atoms with Crippen molar-refractivity contribution < 1.29 is 18.3 Å². The van der Waals surface area contributed by atoms with E-state index in [9.17, 15) is 13.2 Å². The van der Waals surface area contributed by atoms with Gasteiger partial charge in [-0.15, -0.1) is 0 Å². The molecule has 0 heterocycles. The highest BCUT2D eigenvalue weighted by Crippen LogP contribution is 2.31. The van der Waals surface area contributed by atoms with Crippen molar-refractivity contribution in [2.45, 2.75) is 37.6 Å². The Balaban J connectivity index is 2.99. The maximum Gasteiger partial charge on any atom is 0.332 e. The third-order valence-corrected chi connectivity index (χ3v) is 2.83. The minimum atomic E-state index is -2.63. The molecule has 0 aliphatic heterocycles. The first-order valence-corrected chi connectivity index (χ1v) is 5.16. The predicted octanol–water partition coefficient (Wildman–Crippen LogP) is 0.837. The summed E-state index contributed by atoms with van der Waals surface area (Å²) in [6, 6.07) is 0. The van der Waals surface area contributed by atoms with E-state index in [0.29, 0.717) is 12.8 Å². The molecule has 1 saturated carbocycles. The monoisotopic (exact) mass is 205 g/mol. The van der Waals surface area contributed by atoms with Crippen LogP contribution in [-0.4, -0.2) is 25.0 Å². The largest absolute Gasteiger partial charge is 0.479 e. The second-order valence-corrected chi connectivity index (χ2v) is 3.82. The maximum absolute atomic E-state index is 10.8. The van der Waals surface area contributed by atoms with E-state index in [2.05, 4.69) is 4.36 Å². The van der Waals surface area contributed by atoms with Gasteiger partial charge in [0, 0.05) is 0 Å². The van der Waals surface area contributed by atoms with E-state index >= 15 is 0 Å². The molecule has 0 aromatic rings. The summed E-state index contributed by atoms with van der Waals surface area (Å²) in [4.78, 5) is 10.8. The number of hydrogen-bond donors (Lipinski definition) is 1. The molecule has 0 radical (unpaired) electrons. The lowest BCUT2D eigenvalue weighted by molar-refractivity contribution is -0.144. The quantitative estimate of drug-likeness (QED) is 0.723. The van der Waals surface area contributed by atoms with Gasteiger partial charge in [0.1, 0.15) is 0 Å². The van der Waals surface area contributed by atoms with Crippen molar-refractivity contribution in [2.24, 2.45) is 4.36 Å². The molecule has 0 aromatic heterocycles. The number of carboxylic acids is 1. The van der Waals surface area contributed by atoms with Crippen LogP contribution in [0, 0.1) is 0 Å². The first kappa shape index (κ1) is 10.2. The van der Waals surface area contributed by atoms with Crippen LogP contribution in [0.2, 0.25) is 0 Å². The molecule has 0 bridgehead atoms. The van der Waals surface area contributed by atoms with Crippen molar-refractivity contribution in [3.8, 4) is 0 Å². The molecule has 1 rings (SSSR count). The third kappa shape index (κ3) is 2.27. The number of carbonyl (C=O) groups is 1. The molecule has 1 aliphatic rings. The lowest BCUT2D eigenvalue weighted by atomic mass is 9.83. The molecular formula is C7H11NO4S. The van der Waals surface area contributed by atoms with Crippen LogP contribution in [0.1, 0.15) is 32.1 Å².